The molecular weight excluding hydrogens is 293 g/mol. The van der Waals surface area contributed by atoms with E-state index in [-0.39, 0.29) is 11.6 Å². The molecule has 5 heteroatoms. The highest BCUT2D eigenvalue weighted by Crippen LogP contribution is 2.35. The summed E-state index contributed by atoms with van der Waals surface area (Å²) in [6.45, 7) is -0.253. The molecule has 0 aliphatic carbocycles. The van der Waals surface area contributed by atoms with Crippen LogP contribution in [0.1, 0.15) is 5.56 Å². The van der Waals surface area contributed by atoms with Crippen LogP contribution in [0.5, 0.6) is 0 Å². The summed E-state index contributed by atoms with van der Waals surface area (Å²) >= 11 is 6.04. The van der Waals surface area contributed by atoms with Crippen LogP contribution in [0.25, 0.3) is 22.6 Å². The Hall–Kier alpha value is -2.17. The highest BCUT2D eigenvalue weighted by molar-refractivity contribution is 6.33. The van der Waals surface area contributed by atoms with Crippen LogP contribution < -0.4 is 0 Å². The lowest BCUT2D eigenvalue weighted by Crippen LogP contribution is -1.90. The Kier molecular flexibility index (Phi) is 3.73. The van der Waals surface area contributed by atoms with Crippen molar-refractivity contribution in [2.45, 2.75) is 6.61 Å². The molecule has 0 spiro atoms. The first-order valence-electron chi connectivity index (χ1n) is 6.31. The van der Waals surface area contributed by atoms with Crippen LogP contribution in [-0.2, 0) is 6.61 Å². The van der Waals surface area contributed by atoms with Gasteiger partial charge in [-0.2, -0.15) is 0 Å². The van der Waals surface area contributed by atoms with E-state index in [0.29, 0.717) is 22.6 Å². The number of aromatic nitrogens is 1. The maximum absolute atomic E-state index is 13.1. The van der Waals surface area contributed by atoms with Crippen molar-refractivity contribution in [2.24, 2.45) is 0 Å². The number of rotatable bonds is 3. The van der Waals surface area contributed by atoms with Crippen molar-refractivity contribution in [2.75, 3.05) is 0 Å². The Balaban J connectivity index is 2.15. The molecule has 0 unspecified atom stereocenters. The van der Waals surface area contributed by atoms with E-state index in [1.54, 1.807) is 0 Å². The second kappa shape index (κ2) is 5.68. The number of aliphatic hydroxyl groups is 1. The largest absolute Gasteiger partial charge is 0.391 e. The molecule has 0 aliphatic heterocycles. The third-order valence-corrected chi connectivity index (χ3v) is 3.48. The van der Waals surface area contributed by atoms with Gasteiger partial charge in [-0.1, -0.05) is 47.1 Å². The van der Waals surface area contributed by atoms with Crippen LogP contribution in [-0.4, -0.2) is 10.3 Å². The van der Waals surface area contributed by atoms with Crippen molar-refractivity contribution in [3.05, 3.63) is 64.9 Å². The summed E-state index contributed by atoms with van der Waals surface area (Å²) in [5.74, 6) is 0.0505. The van der Waals surface area contributed by atoms with E-state index in [1.807, 2.05) is 30.3 Å². The molecule has 21 heavy (non-hydrogen) atoms. The zero-order valence-electron chi connectivity index (χ0n) is 10.9. The molecule has 1 aromatic heterocycles. The van der Waals surface area contributed by atoms with Gasteiger partial charge < -0.3 is 9.63 Å². The van der Waals surface area contributed by atoms with Crippen molar-refractivity contribution < 1.29 is 14.0 Å². The topological polar surface area (TPSA) is 46.3 Å². The van der Waals surface area contributed by atoms with E-state index in [4.69, 9.17) is 16.1 Å². The van der Waals surface area contributed by atoms with Gasteiger partial charge in [0.05, 0.1) is 17.2 Å². The number of benzene rings is 2. The van der Waals surface area contributed by atoms with Gasteiger partial charge in [0.2, 0.25) is 0 Å². The molecule has 0 atom stereocenters. The SMILES string of the molecule is OCc1c(-c2ccc(F)cc2Cl)noc1-c1ccccc1. The van der Waals surface area contributed by atoms with Crippen LogP contribution in [0.3, 0.4) is 0 Å². The minimum absolute atomic E-state index is 0.220. The molecule has 3 nitrogen and oxygen atoms in total. The molecule has 0 saturated carbocycles. The van der Waals surface area contributed by atoms with Gasteiger partial charge in [-0.25, -0.2) is 4.39 Å². The highest BCUT2D eigenvalue weighted by atomic mass is 35.5. The molecule has 1 N–H and O–H groups in total. The van der Waals surface area contributed by atoms with Crippen LogP contribution >= 0.6 is 11.6 Å². The monoisotopic (exact) mass is 303 g/mol. The number of hydrogen-bond acceptors (Lipinski definition) is 3. The fourth-order valence-corrected chi connectivity index (χ4v) is 2.42. The predicted molar refractivity (Wildman–Crippen MR) is 78.3 cm³/mol. The van der Waals surface area contributed by atoms with E-state index < -0.39 is 5.82 Å². The Labute approximate surface area is 125 Å². The summed E-state index contributed by atoms with van der Waals surface area (Å²) in [6.07, 6.45) is 0. The second-order valence-corrected chi connectivity index (χ2v) is 4.89. The summed E-state index contributed by atoms with van der Waals surface area (Å²) in [4.78, 5) is 0. The van der Waals surface area contributed by atoms with E-state index in [2.05, 4.69) is 5.16 Å². The smallest absolute Gasteiger partial charge is 0.173 e. The second-order valence-electron chi connectivity index (χ2n) is 4.49. The molecule has 1 heterocycles. The lowest BCUT2D eigenvalue weighted by atomic mass is 10.0. The van der Waals surface area contributed by atoms with Gasteiger partial charge in [-0.05, 0) is 18.2 Å². The normalized spacial score (nSPS) is 10.8. The molecule has 0 radical (unpaired) electrons. The van der Waals surface area contributed by atoms with Gasteiger partial charge in [-0.3, -0.25) is 0 Å². The van der Waals surface area contributed by atoms with E-state index in [9.17, 15) is 9.50 Å². The summed E-state index contributed by atoms with van der Waals surface area (Å²) < 4.78 is 18.5. The van der Waals surface area contributed by atoms with Gasteiger partial charge in [0.25, 0.3) is 0 Å². The molecule has 0 amide bonds. The van der Waals surface area contributed by atoms with E-state index in [0.717, 1.165) is 5.56 Å². The number of halogens is 2. The molecule has 3 aromatic rings. The first kappa shape index (κ1) is 13.8. The van der Waals surface area contributed by atoms with E-state index in [1.165, 1.54) is 18.2 Å². The fourth-order valence-electron chi connectivity index (χ4n) is 2.17. The zero-order valence-corrected chi connectivity index (χ0v) is 11.6. The predicted octanol–water partition coefficient (Wildman–Crippen LogP) is 4.29. The molecular formula is C16H11ClFNO2. The van der Waals surface area contributed by atoms with Crippen molar-refractivity contribution >= 4 is 11.6 Å². The average molecular weight is 304 g/mol. The quantitative estimate of drug-likeness (QED) is 0.785. The van der Waals surface area contributed by atoms with Gasteiger partial charge in [-0.15, -0.1) is 0 Å². The lowest BCUT2D eigenvalue weighted by molar-refractivity contribution is 0.281. The summed E-state index contributed by atoms with van der Waals surface area (Å²) in [5.41, 5.74) is 2.27. The average Bonchev–Trinajstić information content (AvgIpc) is 2.91. The van der Waals surface area contributed by atoms with Crippen LogP contribution in [0.15, 0.2) is 53.1 Å². The molecule has 0 fully saturated rings. The molecule has 0 bridgehead atoms. The molecule has 2 aromatic carbocycles. The van der Waals surface area contributed by atoms with Crippen molar-refractivity contribution in [3.63, 3.8) is 0 Å². The summed E-state index contributed by atoms with van der Waals surface area (Å²) in [7, 11) is 0. The molecule has 0 saturated heterocycles. The molecule has 0 aliphatic rings. The Morgan fingerprint density at radius 3 is 2.57 bits per heavy atom. The number of aliphatic hydroxyl groups excluding tert-OH is 1. The number of hydrogen-bond donors (Lipinski definition) is 1. The van der Waals surface area contributed by atoms with Crippen LogP contribution in [0.2, 0.25) is 5.02 Å². The van der Waals surface area contributed by atoms with Crippen molar-refractivity contribution in [3.8, 4) is 22.6 Å². The van der Waals surface area contributed by atoms with Crippen molar-refractivity contribution in [1.29, 1.82) is 0 Å². The Morgan fingerprint density at radius 1 is 1.14 bits per heavy atom. The zero-order chi connectivity index (χ0) is 14.8. The minimum atomic E-state index is -0.430. The first-order valence-corrected chi connectivity index (χ1v) is 6.68. The van der Waals surface area contributed by atoms with Gasteiger partial charge in [0, 0.05) is 11.1 Å². The number of nitrogens with zero attached hydrogens (tertiary/aromatic N) is 1. The molecule has 106 valence electrons. The van der Waals surface area contributed by atoms with Gasteiger partial charge in [0.1, 0.15) is 11.5 Å². The first-order chi connectivity index (χ1) is 10.2. The van der Waals surface area contributed by atoms with Gasteiger partial charge >= 0.3 is 0 Å². The summed E-state index contributed by atoms with van der Waals surface area (Å²) in [5, 5.41) is 13.8. The maximum Gasteiger partial charge on any atom is 0.173 e. The van der Waals surface area contributed by atoms with Crippen LogP contribution in [0.4, 0.5) is 4.39 Å². The highest BCUT2D eigenvalue weighted by Gasteiger charge is 2.20. The third kappa shape index (κ3) is 2.55. The van der Waals surface area contributed by atoms with Crippen LogP contribution in [0, 0.1) is 5.82 Å². The van der Waals surface area contributed by atoms with Crippen molar-refractivity contribution in [1.82, 2.24) is 5.16 Å². The minimum Gasteiger partial charge on any atom is -0.391 e. The maximum atomic E-state index is 13.1. The third-order valence-electron chi connectivity index (χ3n) is 3.17. The molecule has 3 rings (SSSR count). The Morgan fingerprint density at radius 2 is 1.90 bits per heavy atom. The standard InChI is InChI=1S/C16H11ClFNO2/c17-14-8-11(18)6-7-12(14)15-13(9-20)16(21-19-15)10-4-2-1-3-5-10/h1-8,20H,9H2. The van der Waals surface area contributed by atoms with E-state index >= 15 is 0 Å². The van der Waals surface area contributed by atoms with Gasteiger partial charge in [0.15, 0.2) is 5.76 Å². The Bertz CT molecular complexity index is 771. The fraction of sp³-hybridized carbons (Fsp3) is 0.0625. The summed E-state index contributed by atoms with van der Waals surface area (Å²) in [6, 6.07) is 13.3. The lowest BCUT2D eigenvalue weighted by Gasteiger charge is -2.03.